The Morgan fingerprint density at radius 3 is 2.31 bits per heavy atom. The summed E-state index contributed by atoms with van der Waals surface area (Å²) < 4.78 is 44.5. The number of rotatable bonds is 8. The second kappa shape index (κ2) is 9.79. The van der Waals surface area contributed by atoms with Crippen molar-refractivity contribution >= 4 is 15.9 Å². The lowest BCUT2D eigenvalue weighted by Crippen LogP contribution is -2.33. The Hall–Kier alpha value is -2.78. The van der Waals surface area contributed by atoms with Crippen molar-refractivity contribution in [3.63, 3.8) is 0 Å². The van der Waals surface area contributed by atoms with Crippen LogP contribution in [0, 0.1) is 5.92 Å². The highest BCUT2D eigenvalue weighted by atomic mass is 32.2. The molecule has 0 spiro atoms. The minimum absolute atomic E-state index is 0.0746. The molecule has 0 saturated heterocycles. The first-order valence-corrected chi connectivity index (χ1v) is 12.0. The predicted molar refractivity (Wildman–Crippen MR) is 121 cm³/mol. The van der Waals surface area contributed by atoms with Crippen molar-refractivity contribution in [1.82, 2.24) is 10.0 Å². The molecule has 1 aliphatic rings. The summed E-state index contributed by atoms with van der Waals surface area (Å²) in [6.07, 6.45) is 0. The van der Waals surface area contributed by atoms with Gasteiger partial charge in [-0.25, -0.2) is 13.1 Å². The van der Waals surface area contributed by atoms with Crippen molar-refractivity contribution in [2.45, 2.75) is 44.7 Å². The number of methoxy groups -OCH3 is 1. The first-order valence-electron chi connectivity index (χ1n) is 10.5. The van der Waals surface area contributed by atoms with E-state index in [4.69, 9.17) is 14.2 Å². The van der Waals surface area contributed by atoms with Crippen LogP contribution in [0.4, 0.5) is 0 Å². The van der Waals surface area contributed by atoms with Crippen LogP contribution in [0.2, 0.25) is 0 Å². The number of hydrogen-bond donors (Lipinski definition) is 2. The Morgan fingerprint density at radius 1 is 1.00 bits per heavy atom. The van der Waals surface area contributed by atoms with E-state index in [9.17, 15) is 13.2 Å². The van der Waals surface area contributed by atoms with Crippen LogP contribution in [0.15, 0.2) is 41.3 Å². The number of fused-ring (bicyclic) bond motifs is 1. The third-order valence-electron chi connectivity index (χ3n) is 4.98. The number of amides is 1. The average Bonchev–Trinajstić information content (AvgIpc) is 2.75. The van der Waals surface area contributed by atoms with Gasteiger partial charge in [-0.15, -0.1) is 0 Å². The van der Waals surface area contributed by atoms with Crippen LogP contribution in [0.1, 0.15) is 49.7 Å². The summed E-state index contributed by atoms with van der Waals surface area (Å²) in [4.78, 5) is 13.0. The molecular weight excluding hydrogens is 432 g/mol. The van der Waals surface area contributed by atoms with Gasteiger partial charge in [0.1, 0.15) is 23.9 Å². The van der Waals surface area contributed by atoms with E-state index in [0.29, 0.717) is 24.7 Å². The standard InChI is InChI=1S/C23H30N2O6S/c1-14(2)22(16-6-8-18-20(12-16)31-11-10-30-18)24-23(26)17-7-9-19(29-5)21(13-17)32(27,28)25-15(3)4/h6-9,12-15,22,25H,10-11H2,1-5H3,(H,24,26). The molecule has 2 aromatic carbocycles. The van der Waals surface area contributed by atoms with Crippen LogP contribution in [-0.2, 0) is 10.0 Å². The lowest BCUT2D eigenvalue weighted by atomic mass is 9.95. The summed E-state index contributed by atoms with van der Waals surface area (Å²) in [7, 11) is -2.46. The molecule has 0 aromatic heterocycles. The smallest absolute Gasteiger partial charge is 0.251 e. The second-order valence-electron chi connectivity index (χ2n) is 8.24. The van der Waals surface area contributed by atoms with Gasteiger partial charge in [0, 0.05) is 11.6 Å². The zero-order chi connectivity index (χ0) is 23.5. The summed E-state index contributed by atoms with van der Waals surface area (Å²) in [5.74, 6) is 1.18. The van der Waals surface area contributed by atoms with Crippen molar-refractivity contribution in [2.24, 2.45) is 5.92 Å². The number of carbonyl (C=O) groups excluding carboxylic acids is 1. The number of carbonyl (C=O) groups is 1. The summed E-state index contributed by atoms with van der Waals surface area (Å²) in [6, 6.07) is 9.35. The van der Waals surface area contributed by atoms with Gasteiger partial charge in [0.15, 0.2) is 11.5 Å². The molecule has 0 saturated carbocycles. The summed E-state index contributed by atoms with van der Waals surface area (Å²) >= 11 is 0. The molecule has 0 fully saturated rings. The monoisotopic (exact) mass is 462 g/mol. The van der Waals surface area contributed by atoms with E-state index in [1.165, 1.54) is 19.2 Å². The third kappa shape index (κ3) is 5.34. The molecule has 2 N–H and O–H groups in total. The molecule has 0 bridgehead atoms. The highest BCUT2D eigenvalue weighted by Gasteiger charge is 2.25. The largest absolute Gasteiger partial charge is 0.495 e. The molecule has 174 valence electrons. The van der Waals surface area contributed by atoms with Gasteiger partial charge in [-0.2, -0.15) is 0 Å². The first-order chi connectivity index (χ1) is 15.1. The third-order valence-corrected chi connectivity index (χ3v) is 6.66. The van der Waals surface area contributed by atoms with Crippen molar-refractivity contribution in [3.05, 3.63) is 47.5 Å². The summed E-state index contributed by atoms with van der Waals surface area (Å²) in [5, 5.41) is 3.02. The second-order valence-corrected chi connectivity index (χ2v) is 9.92. The number of ether oxygens (including phenoxy) is 3. The van der Waals surface area contributed by atoms with E-state index in [0.717, 1.165) is 5.56 Å². The molecule has 9 heteroatoms. The number of nitrogens with one attached hydrogen (secondary N) is 2. The van der Waals surface area contributed by atoms with E-state index in [-0.39, 0.29) is 40.1 Å². The van der Waals surface area contributed by atoms with E-state index >= 15 is 0 Å². The Balaban J connectivity index is 1.90. The Labute approximate surface area is 189 Å². The van der Waals surface area contributed by atoms with Crippen LogP contribution in [0.25, 0.3) is 0 Å². The van der Waals surface area contributed by atoms with E-state index in [1.807, 2.05) is 32.0 Å². The van der Waals surface area contributed by atoms with Gasteiger partial charge < -0.3 is 19.5 Å². The van der Waals surface area contributed by atoms with Crippen molar-refractivity contribution in [2.75, 3.05) is 20.3 Å². The van der Waals surface area contributed by atoms with Crippen LogP contribution in [0.5, 0.6) is 17.2 Å². The van der Waals surface area contributed by atoms with Gasteiger partial charge in [-0.05, 0) is 55.7 Å². The Bertz CT molecular complexity index is 1080. The van der Waals surface area contributed by atoms with Gasteiger partial charge in [0.25, 0.3) is 5.91 Å². The van der Waals surface area contributed by atoms with Gasteiger partial charge in [-0.1, -0.05) is 19.9 Å². The zero-order valence-electron chi connectivity index (χ0n) is 19.0. The molecule has 32 heavy (non-hydrogen) atoms. The van der Waals surface area contributed by atoms with Gasteiger partial charge in [0.05, 0.1) is 13.2 Å². The van der Waals surface area contributed by atoms with Crippen LogP contribution >= 0.6 is 0 Å². The topological polar surface area (TPSA) is 103 Å². The number of sulfonamides is 1. The minimum Gasteiger partial charge on any atom is -0.495 e. The van der Waals surface area contributed by atoms with Crippen molar-refractivity contribution in [3.8, 4) is 17.2 Å². The van der Waals surface area contributed by atoms with E-state index in [2.05, 4.69) is 10.0 Å². The van der Waals surface area contributed by atoms with Gasteiger partial charge >= 0.3 is 0 Å². The highest BCUT2D eigenvalue weighted by Crippen LogP contribution is 2.34. The Kier molecular flexibility index (Phi) is 7.30. The molecule has 8 nitrogen and oxygen atoms in total. The molecule has 1 amide bonds. The zero-order valence-corrected chi connectivity index (χ0v) is 19.8. The quantitative estimate of drug-likeness (QED) is 0.624. The molecule has 0 aliphatic carbocycles. The molecule has 0 radical (unpaired) electrons. The predicted octanol–water partition coefficient (Wildman–Crippen LogP) is 3.28. The maximum atomic E-state index is 13.1. The maximum absolute atomic E-state index is 13.1. The normalized spacial score (nSPS) is 14.3. The van der Waals surface area contributed by atoms with Crippen LogP contribution < -0.4 is 24.2 Å². The lowest BCUT2D eigenvalue weighted by Gasteiger charge is -2.25. The van der Waals surface area contributed by atoms with Crippen molar-refractivity contribution in [1.29, 1.82) is 0 Å². The minimum atomic E-state index is -3.85. The van der Waals surface area contributed by atoms with E-state index < -0.39 is 10.0 Å². The Morgan fingerprint density at radius 2 is 1.69 bits per heavy atom. The summed E-state index contributed by atoms with van der Waals surface area (Å²) in [6.45, 7) is 8.42. The fourth-order valence-corrected chi connectivity index (χ4v) is 4.96. The van der Waals surface area contributed by atoms with Crippen molar-refractivity contribution < 1.29 is 27.4 Å². The van der Waals surface area contributed by atoms with Crippen LogP contribution in [0.3, 0.4) is 0 Å². The molecule has 1 heterocycles. The number of hydrogen-bond acceptors (Lipinski definition) is 6. The number of benzene rings is 2. The SMILES string of the molecule is COc1ccc(C(=O)NC(c2ccc3c(c2)OCCO3)C(C)C)cc1S(=O)(=O)NC(C)C. The molecule has 1 aliphatic heterocycles. The fourth-order valence-electron chi connectivity index (χ4n) is 3.51. The average molecular weight is 463 g/mol. The van der Waals surface area contributed by atoms with Gasteiger partial charge in [0.2, 0.25) is 10.0 Å². The molecule has 2 aromatic rings. The molecule has 3 rings (SSSR count). The molecule has 1 atom stereocenters. The highest BCUT2D eigenvalue weighted by molar-refractivity contribution is 7.89. The molecule has 1 unspecified atom stereocenters. The maximum Gasteiger partial charge on any atom is 0.251 e. The lowest BCUT2D eigenvalue weighted by molar-refractivity contribution is 0.0925. The first kappa shape index (κ1) is 23.9. The summed E-state index contributed by atoms with van der Waals surface area (Å²) in [5.41, 5.74) is 1.10. The van der Waals surface area contributed by atoms with E-state index in [1.54, 1.807) is 19.9 Å². The molecular formula is C23H30N2O6S. The fraction of sp³-hybridized carbons (Fsp3) is 0.435. The van der Waals surface area contributed by atoms with Crippen LogP contribution in [-0.4, -0.2) is 40.7 Å². The van der Waals surface area contributed by atoms with Gasteiger partial charge in [-0.3, -0.25) is 4.79 Å².